The number of rotatable bonds is 2. The number of ether oxygens (including phenoxy) is 1. The van der Waals surface area contributed by atoms with Crippen LogP contribution in [0.25, 0.3) is 0 Å². The van der Waals surface area contributed by atoms with E-state index in [9.17, 15) is 9.59 Å². The molecule has 2 amide bonds. The van der Waals surface area contributed by atoms with Crippen molar-refractivity contribution in [3.63, 3.8) is 0 Å². The Morgan fingerprint density at radius 1 is 1.69 bits per heavy atom. The maximum atomic E-state index is 11.6. The second-order valence-corrected chi connectivity index (χ2v) is 3.79. The van der Waals surface area contributed by atoms with Crippen LogP contribution in [0.15, 0.2) is 11.3 Å². The third kappa shape index (κ3) is 1.55. The molecule has 2 rings (SSSR count). The third-order valence-corrected chi connectivity index (χ3v) is 2.91. The Kier molecular flexibility index (Phi) is 2.82. The predicted molar refractivity (Wildman–Crippen MR) is 54.4 cm³/mol. The summed E-state index contributed by atoms with van der Waals surface area (Å²) in [6.45, 7) is 0.313. The number of aliphatic hydroxyl groups is 1. The van der Waals surface area contributed by atoms with Gasteiger partial charge in [0.1, 0.15) is 0 Å². The van der Waals surface area contributed by atoms with Gasteiger partial charge in [-0.05, 0) is 12.8 Å². The second-order valence-electron chi connectivity index (χ2n) is 3.79. The van der Waals surface area contributed by atoms with Crippen molar-refractivity contribution in [2.24, 2.45) is 0 Å². The lowest BCUT2D eigenvalue weighted by Crippen LogP contribution is -2.52. The maximum absolute atomic E-state index is 11.6. The van der Waals surface area contributed by atoms with Gasteiger partial charge < -0.3 is 15.2 Å². The van der Waals surface area contributed by atoms with Crippen molar-refractivity contribution < 1.29 is 19.4 Å². The SMILES string of the molecule is COC(=O)C1=C2CCCN2C(=O)N[C@@H]1CO. The molecule has 0 aliphatic carbocycles. The highest BCUT2D eigenvalue weighted by Gasteiger charge is 2.38. The largest absolute Gasteiger partial charge is 0.466 e. The molecule has 1 saturated heterocycles. The van der Waals surface area contributed by atoms with E-state index in [1.165, 1.54) is 7.11 Å². The van der Waals surface area contributed by atoms with Crippen molar-refractivity contribution in [2.45, 2.75) is 18.9 Å². The molecule has 1 fully saturated rings. The van der Waals surface area contributed by atoms with E-state index in [1.54, 1.807) is 4.90 Å². The van der Waals surface area contributed by atoms with Crippen LogP contribution in [0.5, 0.6) is 0 Å². The van der Waals surface area contributed by atoms with Gasteiger partial charge in [-0.1, -0.05) is 0 Å². The summed E-state index contributed by atoms with van der Waals surface area (Å²) in [7, 11) is 1.29. The summed E-state index contributed by atoms with van der Waals surface area (Å²) < 4.78 is 4.68. The Balaban J connectivity index is 2.43. The number of hydrogen-bond donors (Lipinski definition) is 2. The fraction of sp³-hybridized carbons (Fsp3) is 0.600. The Hall–Kier alpha value is -1.56. The average Bonchev–Trinajstić information content (AvgIpc) is 2.77. The van der Waals surface area contributed by atoms with Gasteiger partial charge in [0.2, 0.25) is 0 Å². The molecule has 0 aromatic rings. The number of nitrogens with zero attached hydrogens (tertiary/aromatic N) is 1. The number of hydrogen-bond acceptors (Lipinski definition) is 4. The number of fused-ring (bicyclic) bond motifs is 1. The van der Waals surface area contributed by atoms with E-state index in [1.807, 2.05) is 0 Å². The van der Waals surface area contributed by atoms with Gasteiger partial charge in [-0.3, -0.25) is 4.90 Å². The molecule has 16 heavy (non-hydrogen) atoms. The highest BCUT2D eigenvalue weighted by atomic mass is 16.5. The van der Waals surface area contributed by atoms with Crippen LogP contribution in [0.1, 0.15) is 12.8 Å². The third-order valence-electron chi connectivity index (χ3n) is 2.91. The van der Waals surface area contributed by atoms with Gasteiger partial charge in [0.05, 0.1) is 25.3 Å². The molecule has 1 atom stereocenters. The zero-order valence-electron chi connectivity index (χ0n) is 9.02. The molecular weight excluding hydrogens is 212 g/mol. The Morgan fingerprint density at radius 2 is 2.44 bits per heavy atom. The van der Waals surface area contributed by atoms with Crippen LogP contribution in [-0.2, 0) is 9.53 Å². The lowest BCUT2D eigenvalue weighted by molar-refractivity contribution is -0.136. The van der Waals surface area contributed by atoms with E-state index in [0.717, 1.165) is 6.42 Å². The molecule has 2 aliphatic rings. The van der Waals surface area contributed by atoms with E-state index in [2.05, 4.69) is 10.1 Å². The highest BCUT2D eigenvalue weighted by molar-refractivity contribution is 5.95. The van der Waals surface area contributed by atoms with Crippen molar-refractivity contribution in [2.75, 3.05) is 20.3 Å². The number of amides is 2. The average molecular weight is 226 g/mol. The van der Waals surface area contributed by atoms with Gasteiger partial charge in [0.15, 0.2) is 0 Å². The van der Waals surface area contributed by atoms with Gasteiger partial charge in [0, 0.05) is 12.2 Å². The molecule has 88 valence electrons. The van der Waals surface area contributed by atoms with Crippen LogP contribution < -0.4 is 5.32 Å². The number of carbonyl (C=O) groups excluding carboxylic acids is 2. The summed E-state index contributed by atoms with van der Waals surface area (Å²) in [6, 6.07) is -0.900. The Bertz CT molecular complexity index is 364. The predicted octanol–water partition coefficient (Wildman–Crippen LogP) is -0.407. The summed E-state index contributed by atoms with van der Waals surface area (Å²) in [4.78, 5) is 24.8. The first-order chi connectivity index (χ1) is 7.69. The van der Waals surface area contributed by atoms with Gasteiger partial charge in [-0.15, -0.1) is 0 Å². The number of nitrogens with one attached hydrogen (secondary N) is 1. The highest BCUT2D eigenvalue weighted by Crippen LogP contribution is 2.29. The van der Waals surface area contributed by atoms with Gasteiger partial charge >= 0.3 is 12.0 Å². The summed E-state index contributed by atoms with van der Waals surface area (Å²) >= 11 is 0. The first-order valence-electron chi connectivity index (χ1n) is 5.19. The van der Waals surface area contributed by atoms with Gasteiger partial charge in [0.25, 0.3) is 0 Å². The molecule has 0 saturated carbocycles. The zero-order valence-corrected chi connectivity index (χ0v) is 9.02. The van der Waals surface area contributed by atoms with E-state index in [4.69, 9.17) is 5.11 Å². The van der Waals surface area contributed by atoms with Crippen molar-refractivity contribution >= 4 is 12.0 Å². The van der Waals surface area contributed by atoms with Crippen molar-refractivity contribution in [3.05, 3.63) is 11.3 Å². The molecule has 0 unspecified atom stereocenters. The van der Waals surface area contributed by atoms with Crippen LogP contribution in [-0.4, -0.2) is 48.3 Å². The minimum Gasteiger partial charge on any atom is -0.466 e. The minimum atomic E-state index is -0.649. The molecule has 0 aromatic carbocycles. The quantitative estimate of drug-likeness (QED) is 0.627. The minimum absolute atomic E-state index is 0.251. The lowest BCUT2D eigenvalue weighted by atomic mass is 10.0. The number of methoxy groups -OCH3 is 1. The molecule has 0 bridgehead atoms. The maximum Gasteiger partial charge on any atom is 0.337 e. The summed E-state index contributed by atoms with van der Waals surface area (Å²) in [5, 5.41) is 11.7. The lowest BCUT2D eigenvalue weighted by Gasteiger charge is -2.31. The normalized spacial score (nSPS) is 24.2. The fourth-order valence-corrected chi connectivity index (χ4v) is 2.19. The van der Waals surface area contributed by atoms with Crippen LogP contribution in [0.3, 0.4) is 0 Å². The van der Waals surface area contributed by atoms with E-state index in [0.29, 0.717) is 24.2 Å². The molecule has 0 radical (unpaired) electrons. The van der Waals surface area contributed by atoms with Crippen LogP contribution >= 0.6 is 0 Å². The molecule has 2 heterocycles. The number of aliphatic hydroxyl groups excluding tert-OH is 1. The summed E-state index contributed by atoms with van der Waals surface area (Å²) in [5.41, 5.74) is 1.07. The fourth-order valence-electron chi connectivity index (χ4n) is 2.19. The molecule has 2 aliphatic heterocycles. The van der Waals surface area contributed by atoms with Crippen LogP contribution in [0, 0.1) is 0 Å². The van der Waals surface area contributed by atoms with Crippen molar-refractivity contribution in [1.29, 1.82) is 0 Å². The number of allylic oxidation sites excluding steroid dienone is 1. The first-order valence-corrected chi connectivity index (χ1v) is 5.19. The molecular formula is C10H14N2O4. The monoisotopic (exact) mass is 226 g/mol. The van der Waals surface area contributed by atoms with E-state index < -0.39 is 12.0 Å². The summed E-state index contributed by atoms with van der Waals surface area (Å²) in [5.74, 6) is -0.485. The molecule has 2 N–H and O–H groups in total. The molecule has 6 nitrogen and oxygen atoms in total. The van der Waals surface area contributed by atoms with Gasteiger partial charge in [-0.2, -0.15) is 0 Å². The van der Waals surface area contributed by atoms with Crippen molar-refractivity contribution in [3.8, 4) is 0 Å². The second kappa shape index (κ2) is 4.13. The number of urea groups is 1. The van der Waals surface area contributed by atoms with E-state index in [-0.39, 0.29) is 12.6 Å². The summed E-state index contributed by atoms with van der Waals surface area (Å²) in [6.07, 6.45) is 1.51. The molecule has 0 aromatic heterocycles. The smallest absolute Gasteiger partial charge is 0.337 e. The molecule has 6 heteroatoms. The Labute approximate surface area is 92.9 Å². The zero-order chi connectivity index (χ0) is 11.7. The van der Waals surface area contributed by atoms with Crippen molar-refractivity contribution in [1.82, 2.24) is 10.2 Å². The Morgan fingerprint density at radius 3 is 3.06 bits per heavy atom. The van der Waals surface area contributed by atoms with E-state index >= 15 is 0 Å². The number of carbonyl (C=O) groups is 2. The van der Waals surface area contributed by atoms with Crippen LogP contribution in [0.2, 0.25) is 0 Å². The topological polar surface area (TPSA) is 78.9 Å². The standard InChI is InChI=1S/C10H14N2O4/c1-16-9(14)8-6(5-13)11-10(15)12-4-2-3-7(8)12/h6,13H,2-5H2,1H3,(H,11,15)/t6-/m1/s1. The van der Waals surface area contributed by atoms with Crippen LogP contribution in [0.4, 0.5) is 4.79 Å². The van der Waals surface area contributed by atoms with Gasteiger partial charge in [-0.25, -0.2) is 9.59 Å². The molecule has 0 spiro atoms. The number of esters is 1. The first kappa shape index (κ1) is 10.9.